The summed E-state index contributed by atoms with van der Waals surface area (Å²) in [6, 6.07) is 9.28. The number of carbonyl (C=O) groups is 1. The van der Waals surface area contributed by atoms with Crippen LogP contribution in [-0.2, 0) is 9.53 Å². The van der Waals surface area contributed by atoms with Gasteiger partial charge in [0.2, 0.25) is 5.88 Å². The number of rotatable bonds is 3. The summed E-state index contributed by atoms with van der Waals surface area (Å²) in [5.74, 6) is -0.0293. The molecule has 4 nitrogen and oxygen atoms in total. The maximum absolute atomic E-state index is 11.5. The molecule has 0 aliphatic carbocycles. The summed E-state index contributed by atoms with van der Waals surface area (Å²) < 4.78 is 5.24. The van der Waals surface area contributed by atoms with Gasteiger partial charge in [-0.3, -0.25) is 4.79 Å². The fourth-order valence-electron chi connectivity index (χ4n) is 1.37. The zero-order valence-corrected chi connectivity index (χ0v) is 8.30. The summed E-state index contributed by atoms with van der Waals surface area (Å²) in [6.45, 7) is 2.31. The monoisotopic (exact) mass is 202 g/mol. The molecule has 1 aromatic carbocycles. The van der Waals surface area contributed by atoms with Gasteiger partial charge in [0, 0.05) is 0 Å². The lowest BCUT2D eigenvalue weighted by atomic mass is 10.1. The Kier molecular flexibility index (Phi) is 2.58. The highest BCUT2D eigenvalue weighted by molar-refractivity contribution is 6.21. The topological polar surface area (TPSA) is 51.0 Å². The van der Waals surface area contributed by atoms with E-state index in [1.165, 1.54) is 0 Å². The van der Waals surface area contributed by atoms with E-state index in [1.54, 1.807) is 0 Å². The Bertz CT molecular complexity index is 435. The Morgan fingerprint density at radius 1 is 1.20 bits per heavy atom. The summed E-state index contributed by atoms with van der Waals surface area (Å²) in [4.78, 5) is 11.5. The molecule has 1 amide bonds. The molecule has 1 aliphatic rings. The van der Waals surface area contributed by atoms with Crippen molar-refractivity contribution in [3.8, 4) is 0 Å². The third-order valence-electron chi connectivity index (χ3n) is 2.00. The van der Waals surface area contributed by atoms with Crippen LogP contribution in [0.5, 0.6) is 0 Å². The number of hydrogen-bond donors (Lipinski definition) is 0. The van der Waals surface area contributed by atoms with Crippen molar-refractivity contribution in [3.63, 3.8) is 0 Å². The van der Waals surface area contributed by atoms with Crippen molar-refractivity contribution in [2.75, 3.05) is 6.61 Å². The van der Waals surface area contributed by atoms with Gasteiger partial charge in [0.15, 0.2) is 0 Å². The molecule has 15 heavy (non-hydrogen) atoms. The molecule has 0 saturated carbocycles. The fraction of sp³-hybridized carbons (Fsp3) is 0.182. The standard InChI is InChI=1S/C11H10N2O2/c1-2-15-11-9(10(14)12-13-11)8-6-4-3-5-7-8/h3-7H,2H2,1H3. The zero-order chi connectivity index (χ0) is 10.7. The van der Waals surface area contributed by atoms with E-state index < -0.39 is 0 Å². The molecule has 76 valence electrons. The Morgan fingerprint density at radius 2 is 1.93 bits per heavy atom. The molecule has 1 aliphatic heterocycles. The van der Waals surface area contributed by atoms with Gasteiger partial charge in [0.1, 0.15) is 5.57 Å². The molecule has 0 unspecified atom stereocenters. The molecule has 2 rings (SSSR count). The van der Waals surface area contributed by atoms with Crippen LogP contribution in [0, 0.1) is 0 Å². The molecular weight excluding hydrogens is 192 g/mol. The van der Waals surface area contributed by atoms with E-state index in [0.29, 0.717) is 18.1 Å². The quantitative estimate of drug-likeness (QED) is 0.755. The van der Waals surface area contributed by atoms with Crippen LogP contribution in [0.3, 0.4) is 0 Å². The molecule has 4 heteroatoms. The van der Waals surface area contributed by atoms with E-state index in [-0.39, 0.29) is 5.91 Å². The van der Waals surface area contributed by atoms with Crippen LogP contribution >= 0.6 is 0 Å². The first kappa shape index (κ1) is 9.58. The average Bonchev–Trinajstić information content (AvgIpc) is 2.62. The third-order valence-corrected chi connectivity index (χ3v) is 2.00. The van der Waals surface area contributed by atoms with E-state index in [0.717, 1.165) is 5.56 Å². The van der Waals surface area contributed by atoms with Gasteiger partial charge in [-0.1, -0.05) is 30.3 Å². The summed E-state index contributed by atoms with van der Waals surface area (Å²) in [5.41, 5.74) is 1.23. The number of azo groups is 1. The van der Waals surface area contributed by atoms with E-state index in [1.807, 2.05) is 37.3 Å². The molecule has 0 atom stereocenters. The number of benzene rings is 1. The first-order valence-corrected chi connectivity index (χ1v) is 4.71. The third kappa shape index (κ3) is 1.79. The number of ether oxygens (including phenoxy) is 1. The van der Waals surface area contributed by atoms with Gasteiger partial charge in [0.05, 0.1) is 6.61 Å². The first-order chi connectivity index (χ1) is 7.33. The molecule has 0 N–H and O–H groups in total. The van der Waals surface area contributed by atoms with Gasteiger partial charge in [-0.05, 0) is 12.5 Å². The Morgan fingerprint density at radius 3 is 2.60 bits per heavy atom. The van der Waals surface area contributed by atoms with Crippen molar-refractivity contribution in [1.82, 2.24) is 0 Å². The normalized spacial score (nSPS) is 14.9. The Hall–Kier alpha value is -1.97. The highest BCUT2D eigenvalue weighted by Gasteiger charge is 2.23. The van der Waals surface area contributed by atoms with Crippen molar-refractivity contribution in [1.29, 1.82) is 0 Å². The number of carbonyl (C=O) groups excluding carboxylic acids is 1. The van der Waals surface area contributed by atoms with Crippen LogP contribution in [0.1, 0.15) is 12.5 Å². The molecule has 1 heterocycles. The van der Waals surface area contributed by atoms with E-state index in [4.69, 9.17) is 4.74 Å². The van der Waals surface area contributed by atoms with E-state index >= 15 is 0 Å². The van der Waals surface area contributed by atoms with Crippen LogP contribution in [-0.4, -0.2) is 12.5 Å². The highest BCUT2D eigenvalue weighted by atomic mass is 16.5. The molecular formula is C11H10N2O2. The second-order valence-electron chi connectivity index (χ2n) is 2.98. The fourth-order valence-corrected chi connectivity index (χ4v) is 1.37. The van der Waals surface area contributed by atoms with Gasteiger partial charge < -0.3 is 4.74 Å². The molecule has 0 radical (unpaired) electrons. The first-order valence-electron chi connectivity index (χ1n) is 4.71. The van der Waals surface area contributed by atoms with Gasteiger partial charge >= 0.3 is 5.91 Å². The smallest absolute Gasteiger partial charge is 0.301 e. The van der Waals surface area contributed by atoms with Crippen LogP contribution < -0.4 is 0 Å². The van der Waals surface area contributed by atoms with Crippen molar-refractivity contribution in [2.45, 2.75) is 6.92 Å². The van der Waals surface area contributed by atoms with E-state index in [9.17, 15) is 4.79 Å². The summed E-state index contributed by atoms with van der Waals surface area (Å²) in [7, 11) is 0. The maximum atomic E-state index is 11.5. The minimum atomic E-state index is -0.343. The summed E-state index contributed by atoms with van der Waals surface area (Å²) >= 11 is 0. The average molecular weight is 202 g/mol. The molecule has 0 aromatic heterocycles. The lowest BCUT2D eigenvalue weighted by molar-refractivity contribution is -0.112. The summed E-state index contributed by atoms with van der Waals surface area (Å²) in [5, 5.41) is 7.18. The van der Waals surface area contributed by atoms with E-state index in [2.05, 4.69) is 10.2 Å². The van der Waals surface area contributed by atoms with Crippen LogP contribution in [0.4, 0.5) is 0 Å². The highest BCUT2D eigenvalue weighted by Crippen LogP contribution is 2.26. The minimum absolute atomic E-state index is 0.314. The minimum Gasteiger partial charge on any atom is -0.476 e. The largest absolute Gasteiger partial charge is 0.476 e. The lowest BCUT2D eigenvalue weighted by Gasteiger charge is -2.03. The zero-order valence-electron chi connectivity index (χ0n) is 8.30. The van der Waals surface area contributed by atoms with Crippen molar-refractivity contribution >= 4 is 11.5 Å². The molecule has 0 bridgehead atoms. The molecule has 1 aromatic rings. The Balaban J connectivity index is 2.42. The molecule has 0 spiro atoms. The predicted octanol–water partition coefficient (Wildman–Crippen LogP) is 2.38. The number of nitrogens with zero attached hydrogens (tertiary/aromatic N) is 2. The van der Waals surface area contributed by atoms with Crippen molar-refractivity contribution in [3.05, 3.63) is 41.8 Å². The van der Waals surface area contributed by atoms with Gasteiger partial charge in [0.25, 0.3) is 0 Å². The molecule has 0 fully saturated rings. The van der Waals surface area contributed by atoms with Crippen molar-refractivity contribution in [2.24, 2.45) is 10.2 Å². The molecule has 0 saturated heterocycles. The van der Waals surface area contributed by atoms with Gasteiger partial charge in [-0.2, -0.15) is 0 Å². The van der Waals surface area contributed by atoms with Crippen LogP contribution in [0.2, 0.25) is 0 Å². The number of hydrogen-bond acceptors (Lipinski definition) is 3. The predicted molar refractivity (Wildman–Crippen MR) is 54.9 cm³/mol. The summed E-state index contributed by atoms with van der Waals surface area (Å²) in [6.07, 6.45) is 0. The maximum Gasteiger partial charge on any atom is 0.301 e. The van der Waals surface area contributed by atoms with Gasteiger partial charge in [-0.15, -0.1) is 10.2 Å². The Labute approximate surface area is 87.3 Å². The second-order valence-corrected chi connectivity index (χ2v) is 2.98. The van der Waals surface area contributed by atoms with Crippen molar-refractivity contribution < 1.29 is 9.53 Å². The van der Waals surface area contributed by atoms with Gasteiger partial charge in [-0.25, -0.2) is 0 Å². The number of amides is 1. The van der Waals surface area contributed by atoms with Crippen LogP contribution in [0.25, 0.3) is 5.57 Å². The van der Waals surface area contributed by atoms with Crippen LogP contribution in [0.15, 0.2) is 46.4 Å². The second kappa shape index (κ2) is 4.04. The lowest BCUT2D eigenvalue weighted by Crippen LogP contribution is -1.98. The SMILES string of the molecule is CCOC1=C(c2ccccc2)C(=O)N=N1.